The van der Waals surface area contributed by atoms with E-state index in [2.05, 4.69) is 16.9 Å². The van der Waals surface area contributed by atoms with Crippen LogP contribution in [0.25, 0.3) is 0 Å². The zero-order chi connectivity index (χ0) is 22.4. The summed E-state index contributed by atoms with van der Waals surface area (Å²) in [6, 6.07) is 1.86. The molecule has 9 heteroatoms. The molecule has 0 aromatic carbocycles. The zero-order valence-corrected chi connectivity index (χ0v) is 19.3. The largest absolute Gasteiger partial charge is 0.435 e. The van der Waals surface area contributed by atoms with Crippen molar-refractivity contribution in [2.75, 3.05) is 25.1 Å². The molecular weight excluding hydrogens is 427 g/mol. The van der Waals surface area contributed by atoms with Gasteiger partial charge >= 0.3 is 6.18 Å². The quantitative estimate of drug-likeness (QED) is 0.611. The van der Waals surface area contributed by atoms with Gasteiger partial charge < -0.3 is 0 Å². The number of nitrogens with zero attached hydrogens (tertiary/aromatic N) is 3. The van der Waals surface area contributed by atoms with Crippen LogP contribution in [0, 0.1) is 5.41 Å². The first-order valence-electron chi connectivity index (χ1n) is 11.5. The van der Waals surface area contributed by atoms with Gasteiger partial charge in [0.2, 0.25) is 0 Å². The van der Waals surface area contributed by atoms with Crippen molar-refractivity contribution in [3.63, 3.8) is 0 Å². The molecular formula is C22H34F3N3O2S. The Labute approximate surface area is 183 Å². The van der Waals surface area contributed by atoms with E-state index >= 15 is 0 Å². The predicted octanol–water partition coefficient (Wildman–Crippen LogP) is 4.80. The fourth-order valence-corrected chi connectivity index (χ4v) is 6.37. The number of rotatable bonds is 6. The van der Waals surface area contributed by atoms with Gasteiger partial charge in [0.25, 0.3) is 0 Å². The van der Waals surface area contributed by atoms with Crippen molar-refractivity contribution in [2.45, 2.75) is 88.9 Å². The van der Waals surface area contributed by atoms with Crippen LogP contribution in [-0.4, -0.2) is 54.2 Å². The molecule has 176 valence electrons. The number of hydrogen-bond donors (Lipinski definition) is 0. The molecule has 2 saturated carbocycles. The number of aromatic nitrogens is 2. The highest BCUT2D eigenvalue weighted by Gasteiger charge is 2.40. The summed E-state index contributed by atoms with van der Waals surface area (Å²) in [6.45, 7) is 4.14. The Hall–Kier alpha value is -1.09. The zero-order valence-electron chi connectivity index (χ0n) is 18.5. The third-order valence-corrected chi connectivity index (χ3v) is 8.41. The number of alkyl halides is 3. The van der Waals surface area contributed by atoms with Crippen LogP contribution < -0.4 is 0 Å². The Morgan fingerprint density at radius 2 is 1.77 bits per heavy atom. The fourth-order valence-electron chi connectivity index (χ4n) is 5.51. The van der Waals surface area contributed by atoms with Crippen LogP contribution in [0.2, 0.25) is 0 Å². The smallest absolute Gasteiger partial charge is 0.300 e. The number of halogens is 3. The minimum atomic E-state index is -4.39. The van der Waals surface area contributed by atoms with E-state index in [0.717, 1.165) is 70.2 Å². The average molecular weight is 462 g/mol. The summed E-state index contributed by atoms with van der Waals surface area (Å²) in [4.78, 5) is 2.52. The molecule has 2 heterocycles. The molecule has 1 atom stereocenters. The number of likely N-dealkylation sites (tertiary alicyclic amines) is 1. The molecule has 1 saturated heterocycles. The van der Waals surface area contributed by atoms with Crippen LogP contribution >= 0.6 is 0 Å². The molecule has 0 bridgehead atoms. The lowest BCUT2D eigenvalue weighted by molar-refractivity contribution is -0.141. The summed E-state index contributed by atoms with van der Waals surface area (Å²) >= 11 is 0. The first-order chi connectivity index (χ1) is 14.4. The van der Waals surface area contributed by atoms with Gasteiger partial charge in [0.05, 0.1) is 11.8 Å². The molecule has 0 spiro atoms. The maximum Gasteiger partial charge on any atom is 0.435 e. The van der Waals surface area contributed by atoms with Gasteiger partial charge in [0.1, 0.15) is 9.84 Å². The minimum Gasteiger partial charge on any atom is -0.300 e. The molecule has 0 unspecified atom stereocenters. The van der Waals surface area contributed by atoms with Crippen molar-refractivity contribution >= 4 is 9.84 Å². The number of hydrogen-bond acceptors (Lipinski definition) is 4. The standard InChI is InChI=1S/C22H34F3N3O2S/c1-21(11-13-31(2,29)30)10-3-12-27(15-21)17-6-4-16(5-7-17)19-14-20(22(23,24)25)26-28(19)18-8-9-18/h14,16-18H,3-13,15H2,1-2H3/t16-,17+,21-/m1/s1. The molecule has 1 aromatic rings. The molecule has 0 amide bonds. The normalized spacial score (nSPS) is 31.1. The second-order valence-corrected chi connectivity index (χ2v) is 12.7. The van der Waals surface area contributed by atoms with Crippen LogP contribution in [0.3, 0.4) is 0 Å². The lowest BCUT2D eigenvalue weighted by Crippen LogP contribution is -2.48. The molecule has 0 radical (unpaired) electrons. The van der Waals surface area contributed by atoms with Gasteiger partial charge in [-0.05, 0) is 75.8 Å². The molecule has 1 aromatic heterocycles. The molecule has 3 aliphatic rings. The SMILES string of the molecule is C[C@]1(CCS(C)(=O)=O)CCCN([C@H]2CC[C@@H](c3cc(C(F)(F)F)nn3C3CC3)CC2)C1. The van der Waals surface area contributed by atoms with E-state index in [9.17, 15) is 21.6 Å². The van der Waals surface area contributed by atoms with Gasteiger partial charge in [-0.15, -0.1) is 0 Å². The second kappa shape index (κ2) is 8.36. The van der Waals surface area contributed by atoms with Gasteiger partial charge in [-0.25, -0.2) is 8.42 Å². The van der Waals surface area contributed by atoms with Gasteiger partial charge in [0, 0.05) is 30.5 Å². The Morgan fingerprint density at radius 1 is 1.13 bits per heavy atom. The molecule has 2 aliphatic carbocycles. The molecule has 1 aliphatic heterocycles. The maximum absolute atomic E-state index is 13.2. The third-order valence-electron chi connectivity index (χ3n) is 7.47. The van der Waals surface area contributed by atoms with Gasteiger partial charge in [0.15, 0.2) is 5.69 Å². The predicted molar refractivity (Wildman–Crippen MR) is 114 cm³/mol. The summed E-state index contributed by atoms with van der Waals surface area (Å²) in [5.74, 6) is 0.374. The van der Waals surface area contributed by atoms with Crippen molar-refractivity contribution < 1.29 is 21.6 Å². The van der Waals surface area contributed by atoms with E-state index in [4.69, 9.17) is 0 Å². The van der Waals surface area contributed by atoms with Gasteiger partial charge in [-0.2, -0.15) is 18.3 Å². The van der Waals surface area contributed by atoms with Crippen LogP contribution in [0.15, 0.2) is 6.07 Å². The van der Waals surface area contributed by atoms with Crippen molar-refractivity contribution in [3.8, 4) is 0 Å². The lowest BCUT2D eigenvalue weighted by Gasteiger charge is -2.46. The Balaban J connectivity index is 1.38. The third kappa shape index (κ3) is 5.64. The van der Waals surface area contributed by atoms with Crippen LogP contribution in [0.5, 0.6) is 0 Å². The monoisotopic (exact) mass is 461 g/mol. The molecule has 4 rings (SSSR count). The van der Waals surface area contributed by atoms with E-state index in [-0.39, 0.29) is 23.1 Å². The van der Waals surface area contributed by atoms with Crippen molar-refractivity contribution in [3.05, 3.63) is 17.5 Å². The van der Waals surface area contributed by atoms with E-state index in [0.29, 0.717) is 12.5 Å². The van der Waals surface area contributed by atoms with Crippen LogP contribution in [0.1, 0.15) is 88.1 Å². The van der Waals surface area contributed by atoms with Gasteiger partial charge in [-0.1, -0.05) is 6.92 Å². The highest BCUT2D eigenvalue weighted by atomic mass is 32.2. The summed E-state index contributed by atoms with van der Waals surface area (Å²) in [7, 11) is -2.96. The van der Waals surface area contributed by atoms with Crippen molar-refractivity contribution in [1.82, 2.24) is 14.7 Å². The van der Waals surface area contributed by atoms with E-state index in [1.807, 2.05) is 0 Å². The average Bonchev–Trinajstić information content (AvgIpc) is 3.43. The van der Waals surface area contributed by atoms with E-state index in [1.165, 1.54) is 12.3 Å². The Kier molecular flexibility index (Phi) is 6.22. The van der Waals surface area contributed by atoms with Crippen LogP contribution in [-0.2, 0) is 16.0 Å². The Morgan fingerprint density at radius 3 is 2.35 bits per heavy atom. The summed E-state index contributed by atoms with van der Waals surface area (Å²) in [5.41, 5.74) is 0.0313. The summed E-state index contributed by atoms with van der Waals surface area (Å²) in [6.07, 6.45) is 5.28. The maximum atomic E-state index is 13.2. The molecule has 3 fully saturated rings. The van der Waals surface area contributed by atoms with E-state index < -0.39 is 21.7 Å². The van der Waals surface area contributed by atoms with Crippen molar-refractivity contribution in [2.24, 2.45) is 5.41 Å². The Bertz CT molecular complexity index is 886. The lowest BCUT2D eigenvalue weighted by atomic mass is 9.77. The van der Waals surface area contributed by atoms with E-state index in [1.54, 1.807) is 4.68 Å². The number of sulfone groups is 1. The first kappa shape index (κ1) is 23.1. The number of piperidine rings is 1. The minimum absolute atomic E-state index is 0.0182. The highest BCUT2D eigenvalue weighted by molar-refractivity contribution is 7.90. The second-order valence-electron chi connectivity index (χ2n) is 10.4. The fraction of sp³-hybridized carbons (Fsp3) is 0.864. The summed E-state index contributed by atoms with van der Waals surface area (Å²) < 4.78 is 64.6. The summed E-state index contributed by atoms with van der Waals surface area (Å²) in [5, 5.41) is 3.92. The first-order valence-corrected chi connectivity index (χ1v) is 13.6. The van der Waals surface area contributed by atoms with Gasteiger partial charge in [-0.3, -0.25) is 9.58 Å². The molecule has 5 nitrogen and oxygen atoms in total. The highest BCUT2D eigenvalue weighted by Crippen LogP contribution is 2.44. The van der Waals surface area contributed by atoms with Crippen LogP contribution in [0.4, 0.5) is 13.2 Å². The van der Waals surface area contributed by atoms with Crippen molar-refractivity contribution in [1.29, 1.82) is 0 Å². The topological polar surface area (TPSA) is 55.2 Å². The molecule has 0 N–H and O–H groups in total. The molecule has 31 heavy (non-hydrogen) atoms.